The summed E-state index contributed by atoms with van der Waals surface area (Å²) in [5.74, 6) is 0. The molecule has 0 bridgehead atoms. The molecular weight excluding hydrogens is 204 g/mol. The third-order valence-corrected chi connectivity index (χ3v) is 2.76. The molecule has 1 aromatic rings. The van der Waals surface area contributed by atoms with Crippen molar-refractivity contribution in [2.75, 3.05) is 13.2 Å². The number of hydrogen-bond acceptors (Lipinski definition) is 3. The minimum atomic E-state index is -0.287. The van der Waals surface area contributed by atoms with Crippen LogP contribution in [-0.4, -0.2) is 30.5 Å². The van der Waals surface area contributed by atoms with Crippen LogP contribution in [0.15, 0.2) is 30.3 Å². The summed E-state index contributed by atoms with van der Waals surface area (Å²) in [7, 11) is 0. The molecule has 2 atom stereocenters. The van der Waals surface area contributed by atoms with Crippen molar-refractivity contribution in [1.82, 2.24) is 0 Å². The highest BCUT2D eigenvalue weighted by Gasteiger charge is 2.19. The smallest absolute Gasteiger partial charge is 0.0810 e. The van der Waals surface area contributed by atoms with Gasteiger partial charge in [-0.25, -0.2) is 0 Å². The van der Waals surface area contributed by atoms with Crippen molar-refractivity contribution in [2.45, 2.75) is 31.7 Å². The molecule has 2 rings (SSSR count). The fourth-order valence-corrected chi connectivity index (χ4v) is 1.81. The summed E-state index contributed by atoms with van der Waals surface area (Å²) < 4.78 is 11.0. The van der Waals surface area contributed by atoms with E-state index in [1.165, 1.54) is 5.56 Å². The molecule has 0 spiro atoms. The van der Waals surface area contributed by atoms with Crippen LogP contribution in [0.5, 0.6) is 0 Å². The Morgan fingerprint density at radius 2 is 2.06 bits per heavy atom. The van der Waals surface area contributed by atoms with Crippen molar-refractivity contribution in [3.8, 4) is 0 Å². The molecule has 1 saturated heterocycles. The van der Waals surface area contributed by atoms with Crippen LogP contribution in [-0.2, 0) is 16.1 Å². The molecule has 1 aliphatic heterocycles. The van der Waals surface area contributed by atoms with Crippen molar-refractivity contribution in [2.24, 2.45) is 0 Å². The van der Waals surface area contributed by atoms with Gasteiger partial charge in [-0.2, -0.15) is 0 Å². The standard InChI is InChI=1S/C13H18O3/c14-12-6-7-13(16-9-12)10-15-8-11-4-2-1-3-5-11/h1-5,12-14H,6-10H2/t12-,13+/m1/s1. The molecule has 0 radical (unpaired) electrons. The van der Waals surface area contributed by atoms with Crippen LogP contribution in [0.3, 0.4) is 0 Å². The van der Waals surface area contributed by atoms with Crippen LogP contribution in [0.2, 0.25) is 0 Å². The summed E-state index contributed by atoms with van der Waals surface area (Å²) in [6.45, 7) is 1.68. The summed E-state index contributed by atoms with van der Waals surface area (Å²) in [6, 6.07) is 10.1. The van der Waals surface area contributed by atoms with Gasteiger partial charge in [-0.05, 0) is 18.4 Å². The Morgan fingerprint density at radius 3 is 2.75 bits per heavy atom. The first-order valence-electron chi connectivity index (χ1n) is 5.76. The molecule has 0 aromatic heterocycles. The lowest BCUT2D eigenvalue weighted by molar-refractivity contribution is -0.0881. The molecule has 16 heavy (non-hydrogen) atoms. The Labute approximate surface area is 96.0 Å². The highest BCUT2D eigenvalue weighted by atomic mass is 16.5. The maximum atomic E-state index is 9.26. The largest absolute Gasteiger partial charge is 0.391 e. The second-order valence-corrected chi connectivity index (χ2v) is 4.19. The molecule has 1 aromatic carbocycles. The quantitative estimate of drug-likeness (QED) is 0.843. The topological polar surface area (TPSA) is 38.7 Å². The lowest BCUT2D eigenvalue weighted by Gasteiger charge is -2.25. The minimum Gasteiger partial charge on any atom is -0.391 e. The SMILES string of the molecule is O[C@@H]1CC[C@@H](COCc2ccccc2)OC1. The van der Waals surface area contributed by atoms with Crippen molar-refractivity contribution in [1.29, 1.82) is 0 Å². The molecule has 3 nitrogen and oxygen atoms in total. The second kappa shape index (κ2) is 5.99. The van der Waals surface area contributed by atoms with Crippen LogP contribution in [0.4, 0.5) is 0 Å². The van der Waals surface area contributed by atoms with Gasteiger partial charge in [0.2, 0.25) is 0 Å². The Hall–Kier alpha value is -0.900. The van der Waals surface area contributed by atoms with Gasteiger partial charge < -0.3 is 14.6 Å². The third-order valence-electron chi connectivity index (χ3n) is 2.76. The number of ether oxygens (including phenoxy) is 2. The zero-order chi connectivity index (χ0) is 11.2. The Bertz CT molecular complexity index is 291. The molecule has 0 unspecified atom stereocenters. The molecule has 1 N–H and O–H groups in total. The molecule has 1 heterocycles. The van der Waals surface area contributed by atoms with Gasteiger partial charge in [-0.1, -0.05) is 30.3 Å². The number of aliphatic hydroxyl groups excluding tert-OH is 1. The highest BCUT2D eigenvalue weighted by molar-refractivity contribution is 5.13. The fraction of sp³-hybridized carbons (Fsp3) is 0.538. The Kier molecular flexibility index (Phi) is 4.34. The molecule has 0 amide bonds. The average molecular weight is 222 g/mol. The van der Waals surface area contributed by atoms with Crippen molar-refractivity contribution in [3.63, 3.8) is 0 Å². The van der Waals surface area contributed by atoms with E-state index in [4.69, 9.17) is 9.47 Å². The van der Waals surface area contributed by atoms with Crippen LogP contribution in [0.1, 0.15) is 18.4 Å². The summed E-state index contributed by atoms with van der Waals surface area (Å²) >= 11 is 0. The van der Waals surface area contributed by atoms with Gasteiger partial charge >= 0.3 is 0 Å². The van der Waals surface area contributed by atoms with Gasteiger partial charge in [0, 0.05) is 0 Å². The predicted molar refractivity (Wildman–Crippen MR) is 61.1 cm³/mol. The summed E-state index contributed by atoms with van der Waals surface area (Å²) in [4.78, 5) is 0. The summed E-state index contributed by atoms with van der Waals surface area (Å²) in [5.41, 5.74) is 1.18. The molecule has 88 valence electrons. The van der Waals surface area contributed by atoms with Gasteiger partial charge in [0.25, 0.3) is 0 Å². The van der Waals surface area contributed by atoms with Gasteiger partial charge in [-0.3, -0.25) is 0 Å². The highest BCUT2D eigenvalue weighted by Crippen LogP contribution is 2.14. The van der Waals surface area contributed by atoms with Gasteiger partial charge in [0.1, 0.15) is 0 Å². The van der Waals surface area contributed by atoms with Gasteiger partial charge in [-0.15, -0.1) is 0 Å². The first kappa shape index (κ1) is 11.6. The number of hydrogen-bond donors (Lipinski definition) is 1. The lowest BCUT2D eigenvalue weighted by Crippen LogP contribution is -2.32. The Balaban J connectivity index is 1.65. The predicted octanol–water partition coefficient (Wildman–Crippen LogP) is 1.74. The number of aliphatic hydroxyl groups is 1. The van der Waals surface area contributed by atoms with Crippen molar-refractivity contribution >= 4 is 0 Å². The van der Waals surface area contributed by atoms with Crippen LogP contribution in [0.25, 0.3) is 0 Å². The van der Waals surface area contributed by atoms with Crippen LogP contribution < -0.4 is 0 Å². The molecule has 1 aliphatic rings. The van der Waals surface area contributed by atoms with E-state index in [1.54, 1.807) is 0 Å². The molecular formula is C13H18O3. The van der Waals surface area contributed by atoms with E-state index in [9.17, 15) is 5.11 Å². The molecule has 3 heteroatoms. The monoisotopic (exact) mass is 222 g/mol. The van der Waals surface area contributed by atoms with E-state index in [2.05, 4.69) is 0 Å². The zero-order valence-electron chi connectivity index (χ0n) is 9.34. The van der Waals surface area contributed by atoms with E-state index in [0.717, 1.165) is 12.8 Å². The van der Waals surface area contributed by atoms with Crippen molar-refractivity contribution < 1.29 is 14.6 Å². The first-order valence-corrected chi connectivity index (χ1v) is 5.76. The maximum Gasteiger partial charge on any atom is 0.0810 e. The zero-order valence-corrected chi connectivity index (χ0v) is 9.34. The fourth-order valence-electron chi connectivity index (χ4n) is 1.81. The van der Waals surface area contributed by atoms with E-state index >= 15 is 0 Å². The van der Waals surface area contributed by atoms with Crippen LogP contribution >= 0.6 is 0 Å². The van der Waals surface area contributed by atoms with E-state index in [1.807, 2.05) is 30.3 Å². The Morgan fingerprint density at radius 1 is 1.25 bits per heavy atom. The number of rotatable bonds is 4. The normalized spacial score (nSPS) is 25.6. The van der Waals surface area contributed by atoms with Gasteiger partial charge in [0.05, 0.1) is 32.0 Å². The average Bonchev–Trinajstić information content (AvgIpc) is 2.33. The van der Waals surface area contributed by atoms with E-state index in [0.29, 0.717) is 19.8 Å². The van der Waals surface area contributed by atoms with E-state index in [-0.39, 0.29) is 12.2 Å². The lowest BCUT2D eigenvalue weighted by atomic mass is 10.1. The van der Waals surface area contributed by atoms with E-state index < -0.39 is 0 Å². The molecule has 0 saturated carbocycles. The number of benzene rings is 1. The first-order chi connectivity index (χ1) is 7.84. The third kappa shape index (κ3) is 3.59. The maximum absolute atomic E-state index is 9.26. The van der Waals surface area contributed by atoms with Gasteiger partial charge in [0.15, 0.2) is 0 Å². The second-order valence-electron chi connectivity index (χ2n) is 4.19. The summed E-state index contributed by atoms with van der Waals surface area (Å²) in [6.07, 6.45) is 1.56. The van der Waals surface area contributed by atoms with Crippen molar-refractivity contribution in [3.05, 3.63) is 35.9 Å². The summed E-state index contributed by atoms with van der Waals surface area (Å²) in [5, 5.41) is 9.26. The van der Waals surface area contributed by atoms with Crippen LogP contribution in [0, 0.1) is 0 Å². The molecule has 0 aliphatic carbocycles. The minimum absolute atomic E-state index is 0.145. The molecule has 1 fully saturated rings.